The molecule has 38 heavy (non-hydrogen) atoms. The summed E-state index contributed by atoms with van der Waals surface area (Å²) in [6.07, 6.45) is 3.81. The molecule has 1 saturated heterocycles. The maximum atomic E-state index is 14.7. The lowest BCUT2D eigenvalue weighted by Gasteiger charge is -2.38. The number of aryl methyl sites for hydroxylation is 1. The van der Waals surface area contributed by atoms with Crippen LogP contribution in [0.15, 0.2) is 42.6 Å². The zero-order valence-electron chi connectivity index (χ0n) is 20.9. The Balaban J connectivity index is 1.33. The first-order valence-electron chi connectivity index (χ1n) is 12.5. The summed E-state index contributed by atoms with van der Waals surface area (Å²) in [5.41, 5.74) is 7.97. The van der Waals surface area contributed by atoms with E-state index >= 15 is 0 Å². The van der Waals surface area contributed by atoms with E-state index in [1.54, 1.807) is 18.0 Å². The number of aromatic nitrogens is 4. The topological polar surface area (TPSA) is 82.1 Å². The van der Waals surface area contributed by atoms with Gasteiger partial charge in [-0.25, -0.2) is 27.5 Å². The number of fused-ring (bicyclic) bond motifs is 1. The molecule has 1 aliphatic heterocycles. The molecule has 0 saturated carbocycles. The average Bonchev–Trinajstić information content (AvgIpc) is 3.22. The van der Waals surface area contributed by atoms with Crippen LogP contribution in [0.5, 0.6) is 5.75 Å². The quantitative estimate of drug-likeness (QED) is 0.229. The van der Waals surface area contributed by atoms with E-state index < -0.39 is 17.6 Å². The molecule has 0 aliphatic carbocycles. The Bertz CT molecular complexity index is 1430. The van der Waals surface area contributed by atoms with Crippen molar-refractivity contribution in [3.63, 3.8) is 0 Å². The Labute approximate surface area is 217 Å². The number of rotatable bonds is 10. The number of halogens is 4. The van der Waals surface area contributed by atoms with E-state index in [0.717, 1.165) is 35.9 Å². The number of benzene rings is 2. The van der Waals surface area contributed by atoms with Gasteiger partial charge in [0.15, 0.2) is 5.82 Å². The van der Waals surface area contributed by atoms with Crippen LogP contribution in [0.25, 0.3) is 22.4 Å². The number of anilines is 1. The second-order valence-electron chi connectivity index (χ2n) is 9.45. The Hall–Kier alpha value is -3.73. The number of nitrogens with two attached hydrogens (primary N) is 1. The third kappa shape index (κ3) is 5.42. The van der Waals surface area contributed by atoms with E-state index in [4.69, 9.17) is 10.5 Å². The summed E-state index contributed by atoms with van der Waals surface area (Å²) in [4.78, 5) is 10.7. The highest BCUT2D eigenvalue weighted by Gasteiger charge is 2.43. The van der Waals surface area contributed by atoms with Crippen molar-refractivity contribution in [2.24, 2.45) is 0 Å². The molecule has 2 N–H and O–H groups in total. The Morgan fingerprint density at radius 2 is 1.82 bits per heavy atom. The van der Waals surface area contributed by atoms with Crippen LogP contribution in [0.2, 0.25) is 0 Å². The fourth-order valence-corrected chi connectivity index (χ4v) is 4.69. The molecule has 1 aliphatic rings. The van der Waals surface area contributed by atoms with E-state index in [1.165, 1.54) is 4.68 Å². The van der Waals surface area contributed by atoms with Gasteiger partial charge in [-0.1, -0.05) is 18.2 Å². The van der Waals surface area contributed by atoms with Gasteiger partial charge >= 0.3 is 0 Å². The number of likely N-dealkylation sites (tertiary alicyclic amines) is 1. The van der Waals surface area contributed by atoms with Crippen molar-refractivity contribution in [2.45, 2.75) is 38.7 Å². The van der Waals surface area contributed by atoms with Crippen LogP contribution < -0.4 is 10.5 Å². The average molecular weight is 529 g/mol. The van der Waals surface area contributed by atoms with Crippen molar-refractivity contribution in [3.8, 4) is 17.3 Å². The third-order valence-corrected chi connectivity index (χ3v) is 6.58. The second-order valence-corrected chi connectivity index (χ2v) is 9.45. The lowest BCUT2D eigenvalue weighted by molar-refractivity contribution is -0.130. The van der Waals surface area contributed by atoms with E-state index in [2.05, 4.69) is 15.1 Å². The highest BCUT2D eigenvalue weighted by Crippen LogP contribution is 2.30. The Morgan fingerprint density at radius 1 is 1.08 bits per heavy atom. The van der Waals surface area contributed by atoms with E-state index in [1.807, 2.05) is 24.3 Å². The van der Waals surface area contributed by atoms with Crippen molar-refractivity contribution in [1.82, 2.24) is 24.6 Å². The van der Waals surface area contributed by atoms with Gasteiger partial charge in [0.1, 0.15) is 28.9 Å². The summed E-state index contributed by atoms with van der Waals surface area (Å²) < 4.78 is 62.1. The molecular formula is C27H28F4N6O. The summed E-state index contributed by atoms with van der Waals surface area (Å²) in [7, 11) is 0. The monoisotopic (exact) mass is 528 g/mol. The molecule has 5 rings (SSSR count). The molecule has 11 heteroatoms. The number of hydrogen-bond donors (Lipinski definition) is 1. The molecule has 200 valence electrons. The summed E-state index contributed by atoms with van der Waals surface area (Å²) >= 11 is 0. The molecule has 0 amide bonds. The molecule has 7 nitrogen and oxygen atoms in total. The molecule has 3 heterocycles. The van der Waals surface area contributed by atoms with Gasteiger partial charge in [-0.05, 0) is 38.8 Å². The van der Waals surface area contributed by atoms with Crippen LogP contribution >= 0.6 is 0 Å². The predicted molar refractivity (Wildman–Crippen MR) is 136 cm³/mol. The van der Waals surface area contributed by atoms with Gasteiger partial charge < -0.3 is 10.5 Å². The number of unbranched alkanes of at least 4 members (excludes halogenated alkanes) is 1. The van der Waals surface area contributed by atoms with Gasteiger partial charge in [0.25, 0.3) is 5.92 Å². The normalized spacial score (nSPS) is 15.1. The van der Waals surface area contributed by atoms with Crippen LogP contribution in [0.1, 0.15) is 30.9 Å². The second kappa shape index (κ2) is 10.6. The fourth-order valence-electron chi connectivity index (χ4n) is 4.69. The first kappa shape index (κ1) is 25.9. The first-order valence-corrected chi connectivity index (χ1v) is 12.5. The standard InChI is InChI=1S/C27H28F4N6O/c1-2-38-18-11-21(28)20(22(29)12-18)14-37-23-9-4-3-8-19(23)24(35-37)26-33-13-17(25(32)34-26)7-5-6-10-36-15-27(30,31)16-36/h3-4,8-9,11-13H,2,5-7,10,14-16H2,1H3,(H2,32,33,34). The third-order valence-electron chi connectivity index (χ3n) is 6.58. The highest BCUT2D eigenvalue weighted by atomic mass is 19.3. The summed E-state index contributed by atoms with van der Waals surface area (Å²) in [5, 5.41) is 5.31. The lowest BCUT2D eigenvalue weighted by Crippen LogP contribution is -2.56. The zero-order valence-corrected chi connectivity index (χ0v) is 20.9. The molecule has 0 bridgehead atoms. The van der Waals surface area contributed by atoms with Gasteiger partial charge in [-0.15, -0.1) is 0 Å². The van der Waals surface area contributed by atoms with Crippen molar-refractivity contribution >= 4 is 16.7 Å². The van der Waals surface area contributed by atoms with Gasteiger partial charge in [0.2, 0.25) is 0 Å². The fraction of sp³-hybridized carbons (Fsp3) is 0.370. The van der Waals surface area contributed by atoms with Crippen LogP contribution in [0.4, 0.5) is 23.4 Å². The first-order chi connectivity index (χ1) is 18.2. The highest BCUT2D eigenvalue weighted by molar-refractivity contribution is 5.91. The zero-order chi connectivity index (χ0) is 26.9. The number of alkyl halides is 2. The number of hydrogen-bond acceptors (Lipinski definition) is 6. The lowest BCUT2D eigenvalue weighted by atomic mass is 10.1. The number of nitrogens with zero attached hydrogens (tertiary/aromatic N) is 5. The van der Waals surface area contributed by atoms with E-state index in [9.17, 15) is 17.6 Å². The molecule has 0 radical (unpaired) electrons. The van der Waals surface area contributed by atoms with Crippen LogP contribution in [-0.4, -0.2) is 56.8 Å². The maximum absolute atomic E-state index is 14.7. The molecule has 0 spiro atoms. The minimum absolute atomic E-state index is 0.128. The van der Waals surface area contributed by atoms with Crippen molar-refractivity contribution in [3.05, 3.63) is 65.4 Å². The number of ether oxygens (including phenoxy) is 1. The predicted octanol–water partition coefficient (Wildman–Crippen LogP) is 5.07. The van der Waals surface area contributed by atoms with Gasteiger partial charge in [0, 0.05) is 34.8 Å². The van der Waals surface area contributed by atoms with Crippen LogP contribution in [0, 0.1) is 11.6 Å². The summed E-state index contributed by atoms with van der Waals surface area (Å²) in [6.45, 7) is 2.17. The molecule has 0 atom stereocenters. The maximum Gasteiger partial charge on any atom is 0.272 e. The Morgan fingerprint density at radius 3 is 2.50 bits per heavy atom. The van der Waals surface area contributed by atoms with Gasteiger partial charge in [0.05, 0.1) is 31.8 Å². The molecule has 0 unspecified atom stereocenters. The minimum atomic E-state index is -2.55. The largest absolute Gasteiger partial charge is 0.494 e. The van der Waals surface area contributed by atoms with E-state index in [-0.39, 0.29) is 30.9 Å². The molecular weight excluding hydrogens is 500 g/mol. The SMILES string of the molecule is CCOc1cc(F)c(Cn2nc(-c3ncc(CCCCN4CC(F)(F)C4)c(N)n3)c3ccccc32)c(F)c1. The molecule has 2 aromatic heterocycles. The van der Waals surface area contributed by atoms with Crippen molar-refractivity contribution in [2.75, 3.05) is 32.0 Å². The van der Waals surface area contributed by atoms with E-state index in [0.29, 0.717) is 42.4 Å². The van der Waals surface area contributed by atoms with Crippen LogP contribution in [-0.2, 0) is 13.0 Å². The van der Waals surface area contributed by atoms with Crippen LogP contribution in [0.3, 0.4) is 0 Å². The minimum Gasteiger partial charge on any atom is -0.494 e. The molecule has 2 aromatic carbocycles. The number of para-hydroxylation sites is 1. The summed E-state index contributed by atoms with van der Waals surface area (Å²) in [6, 6.07) is 9.62. The smallest absolute Gasteiger partial charge is 0.272 e. The van der Waals surface area contributed by atoms with Crippen molar-refractivity contribution < 1.29 is 22.3 Å². The summed E-state index contributed by atoms with van der Waals surface area (Å²) in [5.74, 6) is -3.25. The van der Waals surface area contributed by atoms with Gasteiger partial charge in [-0.2, -0.15) is 5.10 Å². The number of nitrogen functional groups attached to an aromatic ring is 1. The molecule has 1 fully saturated rings. The molecule has 4 aromatic rings. The Kier molecular flexibility index (Phi) is 7.20. The van der Waals surface area contributed by atoms with Gasteiger partial charge in [-0.3, -0.25) is 9.58 Å². The van der Waals surface area contributed by atoms with Crippen molar-refractivity contribution in [1.29, 1.82) is 0 Å².